The molecule has 1 heterocycles. The Balaban J connectivity index is 2.83. The highest BCUT2D eigenvalue weighted by molar-refractivity contribution is 5.92. The van der Waals surface area contributed by atoms with E-state index in [-0.39, 0.29) is 11.9 Å². The van der Waals surface area contributed by atoms with Crippen LogP contribution in [-0.2, 0) is 0 Å². The molecule has 0 saturated heterocycles. The lowest BCUT2D eigenvalue weighted by molar-refractivity contribution is 0.0950. The second kappa shape index (κ2) is 6.90. The first-order valence-electron chi connectivity index (χ1n) is 6.18. The fourth-order valence-electron chi connectivity index (χ4n) is 1.63. The van der Waals surface area contributed by atoms with E-state index in [1.807, 2.05) is 6.92 Å². The van der Waals surface area contributed by atoms with E-state index in [0.29, 0.717) is 25.3 Å². The van der Waals surface area contributed by atoms with E-state index in [1.54, 1.807) is 12.1 Å². The highest BCUT2D eigenvalue weighted by atomic mass is 16.1. The molecule has 0 bridgehead atoms. The summed E-state index contributed by atoms with van der Waals surface area (Å²) in [6.07, 6.45) is 0. The summed E-state index contributed by atoms with van der Waals surface area (Å²) in [5.41, 5.74) is 5.90. The van der Waals surface area contributed by atoms with Crippen molar-refractivity contribution in [1.82, 2.24) is 15.5 Å². The van der Waals surface area contributed by atoms with Crippen LogP contribution in [0.15, 0.2) is 12.1 Å². The normalized spacial score (nSPS) is 10.5. The Morgan fingerprint density at radius 1 is 1.44 bits per heavy atom. The lowest BCUT2D eigenvalue weighted by Crippen LogP contribution is -2.36. The zero-order valence-electron chi connectivity index (χ0n) is 11.2. The highest BCUT2D eigenvalue weighted by Gasteiger charge is 2.13. The van der Waals surface area contributed by atoms with Crippen molar-refractivity contribution < 1.29 is 4.79 Å². The first-order valence-corrected chi connectivity index (χ1v) is 6.18. The molecular formula is C12H21N5O. The molecule has 0 aliphatic heterocycles. The molecule has 0 aromatic carbocycles. The smallest absolute Gasteiger partial charge is 0.271 e. The Bertz CT molecular complexity index is 377. The number of rotatable bonds is 6. The van der Waals surface area contributed by atoms with Crippen molar-refractivity contribution in [3.63, 3.8) is 0 Å². The fraction of sp³-hybridized carbons (Fsp3) is 0.583. The van der Waals surface area contributed by atoms with E-state index in [1.165, 1.54) is 0 Å². The summed E-state index contributed by atoms with van der Waals surface area (Å²) >= 11 is 0. The number of anilines is 1. The van der Waals surface area contributed by atoms with Gasteiger partial charge in [0, 0.05) is 25.7 Å². The van der Waals surface area contributed by atoms with Crippen LogP contribution in [0.5, 0.6) is 0 Å². The van der Waals surface area contributed by atoms with Gasteiger partial charge in [0.25, 0.3) is 5.91 Å². The standard InChI is InChI=1S/C12H21N5O/c1-4-14-12(18)10-5-6-11(16-15-10)17(8-7-13)9(2)3/h5-6,9H,4,7-8,13H2,1-3H3,(H,14,18). The molecule has 100 valence electrons. The van der Waals surface area contributed by atoms with Gasteiger partial charge in [0.15, 0.2) is 11.5 Å². The average Bonchev–Trinajstić information content (AvgIpc) is 2.36. The maximum atomic E-state index is 11.5. The topological polar surface area (TPSA) is 84.1 Å². The maximum absolute atomic E-state index is 11.5. The fourth-order valence-corrected chi connectivity index (χ4v) is 1.63. The van der Waals surface area contributed by atoms with Crippen molar-refractivity contribution in [2.75, 3.05) is 24.5 Å². The Labute approximate surface area is 108 Å². The predicted octanol–water partition coefficient (Wildman–Crippen LogP) is 0.400. The summed E-state index contributed by atoms with van der Waals surface area (Å²) in [6.45, 7) is 7.84. The lowest BCUT2D eigenvalue weighted by atomic mass is 10.3. The molecule has 0 atom stereocenters. The van der Waals surface area contributed by atoms with Crippen molar-refractivity contribution in [2.45, 2.75) is 26.8 Å². The second-order valence-corrected chi connectivity index (χ2v) is 4.21. The van der Waals surface area contributed by atoms with E-state index in [9.17, 15) is 4.79 Å². The largest absolute Gasteiger partial charge is 0.351 e. The van der Waals surface area contributed by atoms with E-state index in [4.69, 9.17) is 5.73 Å². The molecule has 0 unspecified atom stereocenters. The summed E-state index contributed by atoms with van der Waals surface area (Å²) < 4.78 is 0. The number of nitrogens with two attached hydrogens (primary N) is 1. The molecule has 0 aliphatic carbocycles. The molecule has 0 radical (unpaired) electrons. The number of nitrogens with one attached hydrogen (secondary N) is 1. The third kappa shape index (κ3) is 3.66. The minimum atomic E-state index is -0.202. The molecule has 1 aromatic rings. The van der Waals surface area contributed by atoms with Crippen LogP contribution in [0.2, 0.25) is 0 Å². The number of amides is 1. The summed E-state index contributed by atoms with van der Waals surface area (Å²) in [5.74, 6) is 0.537. The molecule has 1 aromatic heterocycles. The van der Waals surface area contributed by atoms with Gasteiger partial charge in [-0.25, -0.2) is 0 Å². The van der Waals surface area contributed by atoms with Crippen LogP contribution in [0, 0.1) is 0 Å². The SMILES string of the molecule is CCNC(=O)c1ccc(N(CCN)C(C)C)nn1. The molecule has 18 heavy (non-hydrogen) atoms. The molecule has 1 amide bonds. The number of carbonyl (C=O) groups excluding carboxylic acids is 1. The third-order valence-corrected chi connectivity index (χ3v) is 2.51. The van der Waals surface area contributed by atoms with E-state index < -0.39 is 0 Å². The molecule has 6 nitrogen and oxygen atoms in total. The molecule has 0 fully saturated rings. The van der Waals surface area contributed by atoms with Crippen LogP contribution in [0.4, 0.5) is 5.82 Å². The van der Waals surface area contributed by atoms with Gasteiger partial charge in [0.05, 0.1) is 0 Å². The summed E-state index contributed by atoms with van der Waals surface area (Å²) in [7, 11) is 0. The van der Waals surface area contributed by atoms with E-state index in [0.717, 1.165) is 5.82 Å². The van der Waals surface area contributed by atoms with Crippen LogP contribution >= 0.6 is 0 Å². The number of hydrogen-bond acceptors (Lipinski definition) is 5. The van der Waals surface area contributed by atoms with Gasteiger partial charge < -0.3 is 16.0 Å². The summed E-state index contributed by atoms with van der Waals surface area (Å²) in [6, 6.07) is 3.77. The number of aromatic nitrogens is 2. The van der Waals surface area contributed by atoms with Gasteiger partial charge in [0.2, 0.25) is 0 Å². The quantitative estimate of drug-likeness (QED) is 0.764. The van der Waals surface area contributed by atoms with Crippen molar-refractivity contribution in [1.29, 1.82) is 0 Å². The Hall–Kier alpha value is -1.69. The molecular weight excluding hydrogens is 230 g/mol. The minimum Gasteiger partial charge on any atom is -0.351 e. The zero-order valence-corrected chi connectivity index (χ0v) is 11.2. The van der Waals surface area contributed by atoms with Crippen molar-refractivity contribution >= 4 is 11.7 Å². The number of nitrogens with zero attached hydrogens (tertiary/aromatic N) is 3. The molecule has 1 rings (SSSR count). The van der Waals surface area contributed by atoms with Crippen LogP contribution in [0.25, 0.3) is 0 Å². The summed E-state index contributed by atoms with van der Waals surface area (Å²) in [5, 5.41) is 10.7. The minimum absolute atomic E-state index is 0.202. The molecule has 0 aliphatic rings. The van der Waals surface area contributed by atoms with Crippen LogP contribution in [0.1, 0.15) is 31.3 Å². The predicted molar refractivity (Wildman–Crippen MR) is 71.6 cm³/mol. The monoisotopic (exact) mass is 251 g/mol. The van der Waals surface area contributed by atoms with E-state index >= 15 is 0 Å². The van der Waals surface area contributed by atoms with Crippen molar-refractivity contribution in [3.8, 4) is 0 Å². The van der Waals surface area contributed by atoms with Gasteiger partial charge in [-0.3, -0.25) is 4.79 Å². The summed E-state index contributed by atoms with van der Waals surface area (Å²) in [4.78, 5) is 13.6. The van der Waals surface area contributed by atoms with Gasteiger partial charge in [-0.1, -0.05) is 0 Å². The highest BCUT2D eigenvalue weighted by Crippen LogP contribution is 2.12. The Morgan fingerprint density at radius 2 is 2.17 bits per heavy atom. The Morgan fingerprint density at radius 3 is 2.61 bits per heavy atom. The first-order chi connectivity index (χ1) is 8.60. The number of hydrogen-bond donors (Lipinski definition) is 2. The maximum Gasteiger partial charge on any atom is 0.271 e. The van der Waals surface area contributed by atoms with Crippen LogP contribution < -0.4 is 16.0 Å². The molecule has 0 spiro atoms. The van der Waals surface area contributed by atoms with E-state index in [2.05, 4.69) is 34.3 Å². The van der Waals surface area contributed by atoms with Crippen LogP contribution in [-0.4, -0.2) is 41.8 Å². The lowest BCUT2D eigenvalue weighted by Gasteiger charge is -2.26. The molecule has 0 saturated carbocycles. The van der Waals surface area contributed by atoms with Gasteiger partial charge in [0.1, 0.15) is 0 Å². The van der Waals surface area contributed by atoms with Gasteiger partial charge in [-0.05, 0) is 32.9 Å². The second-order valence-electron chi connectivity index (χ2n) is 4.21. The molecule has 6 heteroatoms. The third-order valence-electron chi connectivity index (χ3n) is 2.51. The first kappa shape index (κ1) is 14.4. The number of carbonyl (C=O) groups is 1. The van der Waals surface area contributed by atoms with Gasteiger partial charge >= 0.3 is 0 Å². The average molecular weight is 251 g/mol. The van der Waals surface area contributed by atoms with Crippen LogP contribution in [0.3, 0.4) is 0 Å². The molecule has 3 N–H and O–H groups in total. The van der Waals surface area contributed by atoms with Gasteiger partial charge in [-0.15, -0.1) is 10.2 Å². The van der Waals surface area contributed by atoms with Crippen molar-refractivity contribution in [2.24, 2.45) is 5.73 Å². The van der Waals surface area contributed by atoms with Crippen molar-refractivity contribution in [3.05, 3.63) is 17.8 Å². The zero-order chi connectivity index (χ0) is 13.5. The Kier molecular flexibility index (Phi) is 5.51. The van der Waals surface area contributed by atoms with Gasteiger partial charge in [-0.2, -0.15) is 0 Å².